The van der Waals surface area contributed by atoms with Crippen LogP contribution >= 0.6 is 0 Å². The third-order valence-corrected chi connectivity index (χ3v) is 4.36. The molecule has 136 valence electrons. The summed E-state index contributed by atoms with van der Waals surface area (Å²) in [5, 5.41) is 3.21. The summed E-state index contributed by atoms with van der Waals surface area (Å²) in [6.07, 6.45) is 1.95. The Morgan fingerprint density at radius 1 is 1.08 bits per heavy atom. The summed E-state index contributed by atoms with van der Waals surface area (Å²) < 4.78 is 5.54. The summed E-state index contributed by atoms with van der Waals surface area (Å²) in [6.45, 7) is 3.35. The van der Waals surface area contributed by atoms with E-state index in [0.717, 1.165) is 18.6 Å². The summed E-state index contributed by atoms with van der Waals surface area (Å²) >= 11 is 0. The zero-order valence-electron chi connectivity index (χ0n) is 15.0. The van der Waals surface area contributed by atoms with Gasteiger partial charge >= 0.3 is 0 Å². The van der Waals surface area contributed by atoms with Gasteiger partial charge in [0.25, 0.3) is 5.91 Å². The summed E-state index contributed by atoms with van der Waals surface area (Å²) in [6, 6.07) is 16.7. The molecule has 0 saturated carbocycles. The predicted octanol–water partition coefficient (Wildman–Crippen LogP) is 2.94. The fourth-order valence-electron chi connectivity index (χ4n) is 3.01. The number of benzene rings is 2. The van der Waals surface area contributed by atoms with Crippen molar-refractivity contribution in [2.24, 2.45) is 0 Å². The van der Waals surface area contributed by atoms with Gasteiger partial charge in [0.15, 0.2) is 0 Å². The van der Waals surface area contributed by atoms with Gasteiger partial charge in [-0.2, -0.15) is 0 Å². The van der Waals surface area contributed by atoms with E-state index in [1.807, 2.05) is 25.1 Å². The molecule has 3 rings (SSSR count). The first-order valence-corrected chi connectivity index (χ1v) is 9.06. The molecule has 1 N–H and O–H groups in total. The van der Waals surface area contributed by atoms with E-state index < -0.39 is 6.04 Å². The average Bonchev–Trinajstić information content (AvgIpc) is 2.95. The number of hydrogen-bond acceptors (Lipinski definition) is 4. The topological polar surface area (TPSA) is 58.6 Å². The average molecular weight is 352 g/mol. The Labute approximate surface area is 154 Å². The number of anilines is 1. The van der Waals surface area contributed by atoms with Gasteiger partial charge in [0.2, 0.25) is 5.91 Å². The van der Waals surface area contributed by atoms with Crippen LogP contribution in [0.15, 0.2) is 54.6 Å². The lowest BCUT2D eigenvalue weighted by molar-refractivity contribution is -0.121. The van der Waals surface area contributed by atoms with Gasteiger partial charge in [-0.25, -0.2) is 4.90 Å². The maximum atomic E-state index is 12.6. The number of amides is 2. The van der Waals surface area contributed by atoms with Crippen LogP contribution in [0.1, 0.15) is 25.3 Å². The molecule has 26 heavy (non-hydrogen) atoms. The van der Waals surface area contributed by atoms with Gasteiger partial charge in [-0.15, -0.1) is 0 Å². The van der Waals surface area contributed by atoms with Gasteiger partial charge in [-0.3, -0.25) is 9.59 Å². The highest BCUT2D eigenvalue weighted by Crippen LogP contribution is 2.25. The number of rotatable bonds is 8. The first-order chi connectivity index (χ1) is 12.7. The molecular formula is C21H24N2O3. The van der Waals surface area contributed by atoms with Crippen molar-refractivity contribution in [1.29, 1.82) is 0 Å². The quantitative estimate of drug-likeness (QED) is 0.742. The van der Waals surface area contributed by atoms with Crippen LogP contribution < -0.4 is 15.0 Å². The van der Waals surface area contributed by atoms with E-state index in [1.165, 1.54) is 10.5 Å². The summed E-state index contributed by atoms with van der Waals surface area (Å²) in [5.74, 6) is 0.381. The number of hydrogen-bond donors (Lipinski definition) is 1. The summed E-state index contributed by atoms with van der Waals surface area (Å²) in [7, 11) is 0. The Hall–Kier alpha value is -2.66. The van der Waals surface area contributed by atoms with E-state index in [2.05, 4.69) is 17.4 Å². The molecule has 2 aromatic carbocycles. The van der Waals surface area contributed by atoms with Crippen molar-refractivity contribution < 1.29 is 14.3 Å². The number of imide groups is 1. The Balaban J connectivity index is 1.58. The van der Waals surface area contributed by atoms with Gasteiger partial charge in [0, 0.05) is 0 Å². The van der Waals surface area contributed by atoms with E-state index in [-0.39, 0.29) is 18.2 Å². The molecule has 5 nitrogen and oxygen atoms in total. The van der Waals surface area contributed by atoms with E-state index in [0.29, 0.717) is 18.8 Å². The maximum absolute atomic E-state index is 12.6. The smallest absolute Gasteiger partial charge is 0.251 e. The SMILES string of the molecule is CCCOc1ccc(N2C(=O)C[C@@H](NCCc3ccccc3)C2=O)cc1. The van der Waals surface area contributed by atoms with Crippen LogP contribution in [0.4, 0.5) is 5.69 Å². The zero-order valence-corrected chi connectivity index (χ0v) is 15.0. The molecule has 1 aliphatic rings. The monoisotopic (exact) mass is 352 g/mol. The fourth-order valence-corrected chi connectivity index (χ4v) is 3.01. The van der Waals surface area contributed by atoms with Crippen molar-refractivity contribution in [2.75, 3.05) is 18.1 Å². The highest BCUT2D eigenvalue weighted by molar-refractivity contribution is 6.22. The molecule has 1 atom stereocenters. The third-order valence-electron chi connectivity index (χ3n) is 4.36. The second-order valence-electron chi connectivity index (χ2n) is 6.36. The molecule has 2 aromatic rings. The Morgan fingerprint density at radius 2 is 1.81 bits per heavy atom. The maximum Gasteiger partial charge on any atom is 0.251 e. The van der Waals surface area contributed by atoms with Gasteiger partial charge in [0.05, 0.1) is 24.8 Å². The lowest BCUT2D eigenvalue weighted by Gasteiger charge is -2.16. The number of nitrogens with zero attached hydrogens (tertiary/aromatic N) is 1. The van der Waals surface area contributed by atoms with E-state index >= 15 is 0 Å². The first-order valence-electron chi connectivity index (χ1n) is 9.06. The Morgan fingerprint density at radius 3 is 2.50 bits per heavy atom. The minimum Gasteiger partial charge on any atom is -0.494 e. The fraction of sp³-hybridized carbons (Fsp3) is 0.333. The predicted molar refractivity (Wildman–Crippen MR) is 101 cm³/mol. The standard InChI is InChI=1S/C21H24N2O3/c1-2-14-26-18-10-8-17(9-11-18)23-20(24)15-19(21(23)25)22-13-12-16-6-4-3-5-7-16/h3-11,19,22H,2,12-15H2,1H3/t19-/m1/s1. The molecule has 0 aromatic heterocycles. The summed E-state index contributed by atoms with van der Waals surface area (Å²) in [4.78, 5) is 26.2. The lowest BCUT2D eigenvalue weighted by atomic mass is 10.1. The van der Waals surface area contributed by atoms with Gasteiger partial charge < -0.3 is 10.1 Å². The largest absolute Gasteiger partial charge is 0.494 e. The first kappa shape index (κ1) is 18.1. The molecule has 0 spiro atoms. The molecular weight excluding hydrogens is 328 g/mol. The molecule has 0 radical (unpaired) electrons. The van der Waals surface area contributed by atoms with Gasteiger partial charge in [0.1, 0.15) is 5.75 Å². The van der Waals surface area contributed by atoms with Crippen molar-refractivity contribution in [2.45, 2.75) is 32.2 Å². The minimum absolute atomic E-state index is 0.172. The highest BCUT2D eigenvalue weighted by atomic mass is 16.5. The lowest BCUT2D eigenvalue weighted by Crippen LogP contribution is -2.39. The molecule has 2 amide bonds. The summed E-state index contributed by atoms with van der Waals surface area (Å²) in [5.41, 5.74) is 1.80. The Bertz CT molecular complexity index is 744. The Kier molecular flexibility index (Phi) is 6.02. The molecule has 1 heterocycles. The van der Waals surface area contributed by atoms with E-state index in [4.69, 9.17) is 4.74 Å². The zero-order chi connectivity index (χ0) is 18.4. The van der Waals surface area contributed by atoms with Crippen LogP contribution in [0.3, 0.4) is 0 Å². The minimum atomic E-state index is -0.456. The van der Waals surface area contributed by atoms with Crippen molar-refractivity contribution in [3.8, 4) is 5.75 Å². The van der Waals surface area contributed by atoms with Crippen LogP contribution in [0, 0.1) is 0 Å². The second kappa shape index (κ2) is 8.63. The molecule has 1 fully saturated rings. The van der Waals surface area contributed by atoms with Crippen molar-refractivity contribution >= 4 is 17.5 Å². The second-order valence-corrected chi connectivity index (χ2v) is 6.36. The van der Waals surface area contributed by atoms with Crippen molar-refractivity contribution in [3.63, 3.8) is 0 Å². The van der Waals surface area contributed by atoms with Crippen molar-refractivity contribution in [1.82, 2.24) is 5.32 Å². The number of ether oxygens (including phenoxy) is 1. The van der Waals surface area contributed by atoms with Crippen LogP contribution in [-0.4, -0.2) is 31.0 Å². The van der Waals surface area contributed by atoms with Crippen LogP contribution in [0.2, 0.25) is 0 Å². The molecule has 0 aliphatic carbocycles. The third kappa shape index (κ3) is 4.29. The molecule has 1 saturated heterocycles. The number of nitrogens with one attached hydrogen (secondary N) is 1. The highest BCUT2D eigenvalue weighted by Gasteiger charge is 2.39. The number of carbonyl (C=O) groups is 2. The van der Waals surface area contributed by atoms with Crippen molar-refractivity contribution in [3.05, 3.63) is 60.2 Å². The van der Waals surface area contributed by atoms with Gasteiger partial charge in [-0.05, 0) is 49.2 Å². The van der Waals surface area contributed by atoms with Crippen LogP contribution in [0.5, 0.6) is 5.75 Å². The van der Waals surface area contributed by atoms with Crippen LogP contribution in [0.25, 0.3) is 0 Å². The molecule has 1 aliphatic heterocycles. The molecule has 0 bridgehead atoms. The molecule has 5 heteroatoms. The molecule has 0 unspecified atom stereocenters. The van der Waals surface area contributed by atoms with E-state index in [9.17, 15) is 9.59 Å². The number of carbonyl (C=O) groups excluding carboxylic acids is 2. The van der Waals surface area contributed by atoms with Gasteiger partial charge in [-0.1, -0.05) is 37.3 Å². The van der Waals surface area contributed by atoms with E-state index in [1.54, 1.807) is 24.3 Å². The normalized spacial score (nSPS) is 17.0. The van der Waals surface area contributed by atoms with Crippen LogP contribution in [-0.2, 0) is 16.0 Å².